The highest BCUT2D eigenvalue weighted by atomic mass is 16.6. The third kappa shape index (κ3) is 3.72. The molecule has 0 unspecified atom stereocenters. The fourth-order valence-corrected chi connectivity index (χ4v) is 2.91. The Morgan fingerprint density at radius 3 is 2.76 bits per heavy atom. The Balaban J connectivity index is 1.77. The Morgan fingerprint density at radius 1 is 1.32 bits per heavy atom. The van der Waals surface area contributed by atoms with Crippen molar-refractivity contribution in [3.05, 3.63) is 28.9 Å². The van der Waals surface area contributed by atoms with Gasteiger partial charge in [0.25, 0.3) is 5.56 Å². The summed E-state index contributed by atoms with van der Waals surface area (Å²) in [5, 5.41) is 0.509. The number of pyridine rings is 1. The highest BCUT2D eigenvalue weighted by Crippen LogP contribution is 2.21. The minimum absolute atomic E-state index is 0.0574. The van der Waals surface area contributed by atoms with Crippen LogP contribution in [0.1, 0.15) is 27.7 Å². The zero-order valence-electron chi connectivity index (χ0n) is 14.9. The fraction of sp³-hybridized carbons (Fsp3) is 0.529. The van der Waals surface area contributed by atoms with Crippen molar-refractivity contribution in [1.29, 1.82) is 0 Å². The summed E-state index contributed by atoms with van der Waals surface area (Å²) in [5.41, 5.74) is -0.132. The molecular weight excluding hydrogens is 322 g/mol. The largest absolute Gasteiger partial charge is 0.444 e. The lowest BCUT2D eigenvalue weighted by atomic mass is 10.1. The Bertz CT molecular complexity index is 842. The van der Waals surface area contributed by atoms with Crippen LogP contribution in [0.25, 0.3) is 10.9 Å². The van der Waals surface area contributed by atoms with Crippen molar-refractivity contribution >= 4 is 22.8 Å². The summed E-state index contributed by atoms with van der Waals surface area (Å²) >= 11 is 0. The number of ether oxygens (including phenoxy) is 1. The number of carbonyl (C=O) groups excluding carboxylic acids is 1. The van der Waals surface area contributed by atoms with Crippen LogP contribution in [0, 0.1) is 0 Å². The molecule has 1 atom stereocenters. The first kappa shape index (κ1) is 17.2. The quantitative estimate of drug-likeness (QED) is 0.847. The lowest BCUT2D eigenvalue weighted by molar-refractivity contribution is 0.0218. The molecule has 1 N–H and O–H groups in total. The number of H-pyrrole nitrogens is 1. The van der Waals surface area contributed by atoms with E-state index in [2.05, 4.69) is 19.9 Å². The second-order valence-electron chi connectivity index (χ2n) is 7.26. The molecule has 0 aliphatic carbocycles. The first-order chi connectivity index (χ1) is 11.7. The van der Waals surface area contributed by atoms with Gasteiger partial charge in [-0.1, -0.05) is 0 Å². The third-order valence-corrected chi connectivity index (χ3v) is 4.09. The van der Waals surface area contributed by atoms with E-state index < -0.39 is 5.60 Å². The number of amides is 1. The molecule has 0 radical (unpaired) electrons. The number of aromatic amines is 1. The molecule has 0 saturated carbocycles. The first-order valence-corrected chi connectivity index (χ1v) is 8.32. The van der Waals surface area contributed by atoms with E-state index in [0.717, 1.165) is 0 Å². The van der Waals surface area contributed by atoms with Gasteiger partial charge in [0.1, 0.15) is 11.4 Å². The number of piperazine rings is 1. The molecule has 2 aromatic heterocycles. The van der Waals surface area contributed by atoms with Gasteiger partial charge in [0, 0.05) is 25.7 Å². The average molecular weight is 345 g/mol. The maximum absolute atomic E-state index is 12.2. The molecule has 0 spiro atoms. The van der Waals surface area contributed by atoms with Crippen LogP contribution in [0.15, 0.2) is 23.4 Å². The molecule has 1 fully saturated rings. The molecule has 134 valence electrons. The predicted octanol–water partition coefficient (Wildman–Crippen LogP) is 1.76. The summed E-state index contributed by atoms with van der Waals surface area (Å²) in [6.07, 6.45) is 2.67. The molecule has 1 aliphatic rings. The van der Waals surface area contributed by atoms with Gasteiger partial charge in [-0.2, -0.15) is 0 Å². The lowest BCUT2D eigenvalue weighted by Gasteiger charge is -2.40. The van der Waals surface area contributed by atoms with Crippen molar-refractivity contribution < 1.29 is 9.53 Å². The standard InChI is InChI=1S/C17H23N5O3/c1-11-9-21(16(24)25-17(2,3)4)5-6-22(11)14-7-12-13(8-18-14)19-10-20-15(12)23/h7-8,10-11H,5-6,9H2,1-4H3,(H,19,20,23)/t11-/m0/s1. The topological polar surface area (TPSA) is 91.4 Å². The number of fused-ring (bicyclic) bond motifs is 1. The van der Waals surface area contributed by atoms with Crippen molar-refractivity contribution in [3.63, 3.8) is 0 Å². The van der Waals surface area contributed by atoms with Gasteiger partial charge < -0.3 is 19.5 Å². The second-order valence-corrected chi connectivity index (χ2v) is 7.26. The van der Waals surface area contributed by atoms with E-state index in [-0.39, 0.29) is 17.7 Å². The van der Waals surface area contributed by atoms with Crippen molar-refractivity contribution in [2.75, 3.05) is 24.5 Å². The average Bonchev–Trinajstić information content (AvgIpc) is 2.53. The zero-order chi connectivity index (χ0) is 18.2. The van der Waals surface area contributed by atoms with Gasteiger partial charge in [-0.25, -0.2) is 14.8 Å². The molecule has 2 aromatic rings. The smallest absolute Gasteiger partial charge is 0.410 e. The lowest BCUT2D eigenvalue weighted by Crippen LogP contribution is -2.54. The summed E-state index contributed by atoms with van der Waals surface area (Å²) in [6, 6.07) is 1.81. The van der Waals surface area contributed by atoms with Crippen LogP contribution in [0.3, 0.4) is 0 Å². The number of hydrogen-bond acceptors (Lipinski definition) is 6. The Morgan fingerprint density at radius 2 is 2.08 bits per heavy atom. The summed E-state index contributed by atoms with van der Waals surface area (Å²) in [4.78, 5) is 39.1. The van der Waals surface area contributed by atoms with Gasteiger partial charge in [0.05, 0.1) is 23.4 Å². The summed E-state index contributed by atoms with van der Waals surface area (Å²) in [7, 11) is 0. The zero-order valence-corrected chi connectivity index (χ0v) is 14.9. The van der Waals surface area contributed by atoms with Crippen molar-refractivity contribution in [2.24, 2.45) is 0 Å². The minimum Gasteiger partial charge on any atom is -0.444 e. The Kier molecular flexibility index (Phi) is 4.36. The molecule has 25 heavy (non-hydrogen) atoms. The number of rotatable bonds is 1. The van der Waals surface area contributed by atoms with Gasteiger partial charge >= 0.3 is 6.09 Å². The molecule has 3 heterocycles. The normalized spacial score (nSPS) is 18.5. The molecule has 0 bridgehead atoms. The molecule has 8 heteroatoms. The van der Waals surface area contributed by atoms with Crippen LogP contribution in [-0.4, -0.2) is 57.2 Å². The molecule has 1 amide bonds. The van der Waals surface area contributed by atoms with E-state index in [1.165, 1.54) is 6.33 Å². The maximum Gasteiger partial charge on any atom is 0.410 e. The highest BCUT2D eigenvalue weighted by molar-refractivity contribution is 5.79. The Hall–Kier alpha value is -2.64. The van der Waals surface area contributed by atoms with E-state index in [9.17, 15) is 9.59 Å². The van der Waals surface area contributed by atoms with Gasteiger partial charge in [-0.05, 0) is 33.8 Å². The number of aromatic nitrogens is 3. The fourth-order valence-electron chi connectivity index (χ4n) is 2.91. The number of anilines is 1. The van der Waals surface area contributed by atoms with Crippen LogP contribution >= 0.6 is 0 Å². The third-order valence-electron chi connectivity index (χ3n) is 4.09. The van der Waals surface area contributed by atoms with Crippen LogP contribution in [0.2, 0.25) is 0 Å². The molecule has 8 nitrogen and oxygen atoms in total. The number of nitrogens with one attached hydrogen (secondary N) is 1. The Labute approximate surface area is 145 Å². The SMILES string of the molecule is C[C@H]1CN(C(=O)OC(C)(C)C)CCN1c1cc2c(=O)[nH]cnc2cn1. The second kappa shape index (κ2) is 6.34. The maximum atomic E-state index is 12.2. The van der Waals surface area contributed by atoms with Crippen LogP contribution in [0.5, 0.6) is 0 Å². The number of hydrogen-bond donors (Lipinski definition) is 1. The summed E-state index contributed by atoms with van der Waals surface area (Å²) in [5.74, 6) is 0.710. The van der Waals surface area contributed by atoms with E-state index in [1.807, 2.05) is 27.7 Å². The van der Waals surface area contributed by atoms with Gasteiger partial charge in [0.2, 0.25) is 0 Å². The van der Waals surface area contributed by atoms with Gasteiger partial charge in [-0.3, -0.25) is 4.79 Å². The van der Waals surface area contributed by atoms with E-state index >= 15 is 0 Å². The van der Waals surface area contributed by atoms with Crippen molar-refractivity contribution in [1.82, 2.24) is 19.9 Å². The first-order valence-electron chi connectivity index (χ1n) is 8.32. The summed E-state index contributed by atoms with van der Waals surface area (Å²) < 4.78 is 5.44. The van der Waals surface area contributed by atoms with Crippen molar-refractivity contribution in [3.8, 4) is 0 Å². The number of carbonyl (C=O) groups is 1. The molecule has 3 rings (SSSR count). The summed E-state index contributed by atoms with van der Waals surface area (Å²) in [6.45, 7) is 9.30. The van der Waals surface area contributed by atoms with Crippen LogP contribution < -0.4 is 10.5 Å². The molecule has 1 aliphatic heterocycles. The minimum atomic E-state index is -0.509. The van der Waals surface area contributed by atoms with Gasteiger partial charge in [-0.15, -0.1) is 0 Å². The monoisotopic (exact) mass is 345 g/mol. The molecular formula is C17H23N5O3. The molecule has 0 aromatic carbocycles. The van der Waals surface area contributed by atoms with Gasteiger partial charge in [0.15, 0.2) is 0 Å². The predicted molar refractivity (Wildman–Crippen MR) is 94.8 cm³/mol. The van der Waals surface area contributed by atoms with Crippen LogP contribution in [0.4, 0.5) is 10.6 Å². The number of nitrogens with zero attached hydrogens (tertiary/aromatic N) is 4. The van der Waals surface area contributed by atoms with Crippen LogP contribution in [-0.2, 0) is 4.74 Å². The highest BCUT2D eigenvalue weighted by Gasteiger charge is 2.30. The van der Waals surface area contributed by atoms with E-state index in [1.54, 1.807) is 17.2 Å². The van der Waals surface area contributed by atoms with E-state index in [4.69, 9.17) is 4.74 Å². The molecule has 1 saturated heterocycles. The van der Waals surface area contributed by atoms with Crippen molar-refractivity contribution in [2.45, 2.75) is 39.3 Å². The van der Waals surface area contributed by atoms with E-state index in [0.29, 0.717) is 36.4 Å².